The van der Waals surface area contributed by atoms with Gasteiger partial charge in [-0.2, -0.15) is 0 Å². The maximum atomic E-state index is 14.1. The van der Waals surface area contributed by atoms with E-state index < -0.39 is 11.6 Å². The topological polar surface area (TPSA) is 63.0 Å². The van der Waals surface area contributed by atoms with E-state index in [4.69, 9.17) is 10.8 Å². The average Bonchev–Trinajstić information content (AvgIpc) is 3.04. The number of nitrogens with zero attached hydrogens (tertiary/aromatic N) is 1. The highest BCUT2D eigenvalue weighted by Gasteiger charge is 2.39. The van der Waals surface area contributed by atoms with Crippen LogP contribution in [0.2, 0.25) is 0 Å². The van der Waals surface area contributed by atoms with Gasteiger partial charge in [-0.1, -0.05) is 18.2 Å². The summed E-state index contributed by atoms with van der Waals surface area (Å²) < 4.78 is 29.8. The standard InChI is InChI=1S/C24H28F2N4S/c1-4-17(12-27)18-8-9-21(19(10-18)13-28)29-14-16-11-24(2,3)30(15-16)31-22-7-5-6-20(25)23(22)26/h4-10,12-13,16,27-29H,11,14-15H2,1-3H3/b17-4+,27-12?,28-13?. The second-order valence-corrected chi connectivity index (χ2v) is 9.37. The number of anilines is 1. The zero-order valence-corrected chi connectivity index (χ0v) is 18.8. The largest absolute Gasteiger partial charge is 0.384 e. The van der Waals surface area contributed by atoms with Crippen LogP contribution >= 0.6 is 11.9 Å². The summed E-state index contributed by atoms with van der Waals surface area (Å²) >= 11 is 1.27. The van der Waals surface area contributed by atoms with E-state index in [1.54, 1.807) is 6.07 Å². The first kappa shape index (κ1) is 23.2. The normalized spacial score (nSPS) is 18.7. The Kier molecular flexibility index (Phi) is 7.28. The number of hydrogen-bond acceptors (Lipinski definition) is 5. The van der Waals surface area contributed by atoms with Gasteiger partial charge < -0.3 is 16.1 Å². The lowest BCUT2D eigenvalue weighted by Gasteiger charge is -2.30. The quantitative estimate of drug-likeness (QED) is 0.335. The third kappa shape index (κ3) is 5.22. The second-order valence-electron chi connectivity index (χ2n) is 8.30. The molecule has 1 fully saturated rings. The molecular formula is C24H28F2N4S. The van der Waals surface area contributed by atoms with Crippen molar-refractivity contribution in [1.29, 1.82) is 10.8 Å². The molecule has 1 heterocycles. The minimum Gasteiger partial charge on any atom is -0.384 e. The second kappa shape index (κ2) is 9.75. The van der Waals surface area contributed by atoms with E-state index in [0.717, 1.165) is 41.4 Å². The van der Waals surface area contributed by atoms with Crippen molar-refractivity contribution in [1.82, 2.24) is 4.31 Å². The lowest BCUT2D eigenvalue weighted by molar-refractivity contribution is 0.318. The van der Waals surface area contributed by atoms with Gasteiger partial charge in [0.15, 0.2) is 11.6 Å². The summed E-state index contributed by atoms with van der Waals surface area (Å²) in [5.41, 5.74) is 3.20. The van der Waals surface area contributed by atoms with Gasteiger partial charge in [-0.25, -0.2) is 13.1 Å². The molecular weight excluding hydrogens is 414 g/mol. The van der Waals surface area contributed by atoms with Crippen molar-refractivity contribution in [3.05, 3.63) is 65.2 Å². The molecule has 0 bridgehead atoms. The van der Waals surface area contributed by atoms with E-state index in [0.29, 0.717) is 17.4 Å². The van der Waals surface area contributed by atoms with Crippen LogP contribution in [-0.4, -0.2) is 35.4 Å². The molecule has 1 aliphatic heterocycles. The van der Waals surface area contributed by atoms with Crippen LogP contribution in [0.5, 0.6) is 0 Å². The highest BCUT2D eigenvalue weighted by molar-refractivity contribution is 7.97. The fourth-order valence-corrected chi connectivity index (χ4v) is 5.10. The summed E-state index contributed by atoms with van der Waals surface area (Å²) in [7, 11) is 0. The third-order valence-corrected chi connectivity index (χ3v) is 6.98. The van der Waals surface area contributed by atoms with Gasteiger partial charge >= 0.3 is 0 Å². The number of allylic oxidation sites excluding steroid dienone is 2. The molecule has 2 aromatic rings. The summed E-state index contributed by atoms with van der Waals surface area (Å²) in [6.07, 6.45) is 5.41. The van der Waals surface area contributed by atoms with Crippen molar-refractivity contribution < 1.29 is 8.78 Å². The molecule has 1 aliphatic rings. The van der Waals surface area contributed by atoms with Crippen LogP contribution in [0, 0.1) is 28.4 Å². The lowest BCUT2D eigenvalue weighted by Crippen LogP contribution is -2.32. The van der Waals surface area contributed by atoms with Gasteiger partial charge in [0, 0.05) is 42.3 Å². The molecule has 0 amide bonds. The molecule has 164 valence electrons. The van der Waals surface area contributed by atoms with Gasteiger partial charge in [0.05, 0.1) is 4.90 Å². The predicted molar refractivity (Wildman–Crippen MR) is 126 cm³/mol. The summed E-state index contributed by atoms with van der Waals surface area (Å²) in [5.74, 6) is -1.30. The first-order valence-corrected chi connectivity index (χ1v) is 11.0. The van der Waals surface area contributed by atoms with Crippen molar-refractivity contribution in [2.24, 2.45) is 5.92 Å². The molecule has 2 aromatic carbocycles. The van der Waals surface area contributed by atoms with Crippen molar-refractivity contribution in [2.45, 2.75) is 37.6 Å². The molecule has 0 aromatic heterocycles. The van der Waals surface area contributed by atoms with Crippen LogP contribution in [0.3, 0.4) is 0 Å². The Morgan fingerprint density at radius 2 is 2.03 bits per heavy atom. The molecule has 0 radical (unpaired) electrons. The number of nitrogens with one attached hydrogen (secondary N) is 3. The zero-order chi connectivity index (χ0) is 22.6. The van der Waals surface area contributed by atoms with Gasteiger partial charge in [-0.15, -0.1) is 0 Å². The van der Waals surface area contributed by atoms with Crippen LogP contribution in [0.4, 0.5) is 14.5 Å². The van der Waals surface area contributed by atoms with Gasteiger partial charge in [-0.3, -0.25) is 0 Å². The van der Waals surface area contributed by atoms with Gasteiger partial charge in [0.25, 0.3) is 0 Å². The van der Waals surface area contributed by atoms with Crippen LogP contribution in [0.15, 0.2) is 47.4 Å². The summed E-state index contributed by atoms with van der Waals surface area (Å²) in [6.45, 7) is 7.58. The van der Waals surface area contributed by atoms with E-state index in [1.807, 2.05) is 31.2 Å². The summed E-state index contributed by atoms with van der Waals surface area (Å²) in [6, 6.07) is 10.1. The summed E-state index contributed by atoms with van der Waals surface area (Å²) in [4.78, 5) is 0.300. The predicted octanol–water partition coefficient (Wildman–Crippen LogP) is 6.24. The van der Waals surface area contributed by atoms with E-state index >= 15 is 0 Å². The maximum absolute atomic E-state index is 14.1. The van der Waals surface area contributed by atoms with Crippen molar-refractivity contribution >= 4 is 35.6 Å². The van der Waals surface area contributed by atoms with Crippen LogP contribution in [0.25, 0.3) is 5.57 Å². The van der Waals surface area contributed by atoms with Crippen LogP contribution in [0.1, 0.15) is 38.3 Å². The number of rotatable bonds is 8. The Balaban J connectivity index is 1.68. The zero-order valence-electron chi connectivity index (χ0n) is 18.0. The fourth-order valence-electron chi connectivity index (χ4n) is 3.94. The van der Waals surface area contributed by atoms with E-state index in [1.165, 1.54) is 30.4 Å². The molecule has 3 rings (SSSR count). The van der Waals surface area contributed by atoms with E-state index in [9.17, 15) is 8.78 Å². The van der Waals surface area contributed by atoms with Crippen molar-refractivity contribution in [3.63, 3.8) is 0 Å². The lowest BCUT2D eigenvalue weighted by atomic mass is 9.96. The fraction of sp³-hybridized carbons (Fsp3) is 0.333. The molecule has 1 atom stereocenters. The molecule has 0 aliphatic carbocycles. The molecule has 0 spiro atoms. The monoisotopic (exact) mass is 442 g/mol. The number of hydrogen-bond donors (Lipinski definition) is 3. The Morgan fingerprint density at radius 3 is 2.71 bits per heavy atom. The van der Waals surface area contributed by atoms with E-state index in [2.05, 4.69) is 23.5 Å². The van der Waals surface area contributed by atoms with Crippen LogP contribution < -0.4 is 5.32 Å². The Hall–Kier alpha value is -2.51. The molecule has 31 heavy (non-hydrogen) atoms. The molecule has 0 saturated carbocycles. The smallest absolute Gasteiger partial charge is 0.173 e. The minimum atomic E-state index is -0.827. The Morgan fingerprint density at radius 1 is 1.26 bits per heavy atom. The molecule has 1 unspecified atom stereocenters. The molecule has 4 nitrogen and oxygen atoms in total. The molecule has 7 heteroatoms. The van der Waals surface area contributed by atoms with Crippen molar-refractivity contribution in [2.75, 3.05) is 18.4 Å². The summed E-state index contributed by atoms with van der Waals surface area (Å²) in [5, 5.41) is 18.7. The highest BCUT2D eigenvalue weighted by atomic mass is 32.2. The molecule has 3 N–H and O–H groups in total. The van der Waals surface area contributed by atoms with Gasteiger partial charge in [0.1, 0.15) is 0 Å². The SMILES string of the molecule is C/C=C(\C=N)c1ccc(NCC2CN(Sc3cccc(F)c3F)C(C)(C)C2)c(C=N)c1. The maximum Gasteiger partial charge on any atom is 0.173 e. The van der Waals surface area contributed by atoms with E-state index in [-0.39, 0.29) is 5.54 Å². The number of benzene rings is 2. The highest BCUT2D eigenvalue weighted by Crippen LogP contribution is 2.41. The molecule has 1 saturated heterocycles. The first-order chi connectivity index (χ1) is 14.8. The number of halogens is 2. The minimum absolute atomic E-state index is 0.158. The Bertz CT molecular complexity index is 1000. The Labute approximate surface area is 186 Å². The van der Waals surface area contributed by atoms with Crippen LogP contribution in [-0.2, 0) is 0 Å². The van der Waals surface area contributed by atoms with Crippen molar-refractivity contribution in [3.8, 4) is 0 Å². The first-order valence-electron chi connectivity index (χ1n) is 10.2. The van der Waals surface area contributed by atoms with Gasteiger partial charge in [-0.05, 0) is 80.5 Å². The van der Waals surface area contributed by atoms with Gasteiger partial charge in [0.2, 0.25) is 0 Å². The third-order valence-electron chi connectivity index (χ3n) is 5.60. The average molecular weight is 443 g/mol.